The summed E-state index contributed by atoms with van der Waals surface area (Å²) in [5, 5.41) is 0. The zero-order chi connectivity index (χ0) is 19.0. The van der Waals surface area contributed by atoms with E-state index in [-0.39, 0.29) is 5.56 Å². The standard InChI is InChI=1S/C20H25N3O4/c1-25-16-9-18(27-3)17(26-2)8-13(16)10-23-7-6-15-14(11-23)20(24)22-19(21-15)12-4-5-12/h8-9,12H,4-7,10-11H2,1-3H3,(H,21,22,24). The number of ether oxygens (including phenoxy) is 3. The normalized spacial score (nSPS) is 16.7. The van der Waals surface area contributed by atoms with E-state index in [1.54, 1.807) is 21.3 Å². The van der Waals surface area contributed by atoms with Gasteiger partial charge >= 0.3 is 0 Å². The Kier molecular flexibility index (Phi) is 4.78. The van der Waals surface area contributed by atoms with E-state index in [0.717, 1.165) is 54.2 Å². The Morgan fingerprint density at radius 1 is 1.11 bits per heavy atom. The van der Waals surface area contributed by atoms with Gasteiger partial charge in [-0.15, -0.1) is 0 Å². The lowest BCUT2D eigenvalue weighted by Gasteiger charge is -2.28. The molecule has 7 nitrogen and oxygen atoms in total. The average Bonchev–Trinajstić information content (AvgIpc) is 3.53. The Bertz CT molecular complexity index is 905. The fourth-order valence-electron chi connectivity index (χ4n) is 3.64. The molecule has 1 aromatic carbocycles. The van der Waals surface area contributed by atoms with Crippen molar-refractivity contribution in [3.05, 3.63) is 45.1 Å². The van der Waals surface area contributed by atoms with Crippen LogP contribution in [-0.4, -0.2) is 42.7 Å². The summed E-state index contributed by atoms with van der Waals surface area (Å²) in [4.78, 5) is 22.5. The summed E-state index contributed by atoms with van der Waals surface area (Å²) in [5.74, 6) is 3.37. The van der Waals surface area contributed by atoms with Gasteiger partial charge in [-0.3, -0.25) is 9.69 Å². The number of benzene rings is 1. The van der Waals surface area contributed by atoms with Crippen LogP contribution in [0, 0.1) is 0 Å². The maximum atomic E-state index is 12.5. The lowest BCUT2D eigenvalue weighted by molar-refractivity contribution is 0.237. The molecule has 2 aliphatic rings. The van der Waals surface area contributed by atoms with Gasteiger partial charge in [-0.2, -0.15) is 0 Å². The largest absolute Gasteiger partial charge is 0.496 e. The van der Waals surface area contributed by atoms with Crippen molar-refractivity contribution in [3.63, 3.8) is 0 Å². The third kappa shape index (κ3) is 3.51. The zero-order valence-corrected chi connectivity index (χ0v) is 16.0. The van der Waals surface area contributed by atoms with Crippen LogP contribution in [0.3, 0.4) is 0 Å². The van der Waals surface area contributed by atoms with Gasteiger partial charge in [0.25, 0.3) is 5.56 Å². The fourth-order valence-corrected chi connectivity index (χ4v) is 3.64. The van der Waals surface area contributed by atoms with Gasteiger partial charge in [-0.25, -0.2) is 4.98 Å². The van der Waals surface area contributed by atoms with Gasteiger partial charge in [0.05, 0.1) is 32.6 Å². The summed E-state index contributed by atoms with van der Waals surface area (Å²) in [6.45, 7) is 2.10. The first-order chi connectivity index (χ1) is 13.1. The molecule has 1 aliphatic carbocycles. The number of fused-ring (bicyclic) bond motifs is 1. The quantitative estimate of drug-likeness (QED) is 0.839. The second-order valence-electron chi connectivity index (χ2n) is 7.13. The smallest absolute Gasteiger partial charge is 0.255 e. The third-order valence-electron chi connectivity index (χ3n) is 5.31. The Labute approximate surface area is 158 Å². The highest BCUT2D eigenvalue weighted by Gasteiger charge is 2.29. The molecular formula is C20H25N3O4. The molecule has 1 aliphatic heterocycles. The van der Waals surface area contributed by atoms with E-state index >= 15 is 0 Å². The molecule has 4 rings (SSSR count). The molecule has 7 heteroatoms. The van der Waals surface area contributed by atoms with Crippen LogP contribution in [0.2, 0.25) is 0 Å². The number of nitrogens with zero attached hydrogens (tertiary/aromatic N) is 2. The van der Waals surface area contributed by atoms with Gasteiger partial charge in [0.2, 0.25) is 0 Å². The van der Waals surface area contributed by atoms with Gasteiger partial charge in [0.1, 0.15) is 11.6 Å². The predicted molar refractivity (Wildman–Crippen MR) is 101 cm³/mol. The van der Waals surface area contributed by atoms with Crippen molar-refractivity contribution < 1.29 is 14.2 Å². The first-order valence-electron chi connectivity index (χ1n) is 9.26. The van der Waals surface area contributed by atoms with Crippen LogP contribution in [0.25, 0.3) is 0 Å². The molecule has 1 fully saturated rings. The van der Waals surface area contributed by atoms with Crippen LogP contribution < -0.4 is 19.8 Å². The van der Waals surface area contributed by atoms with E-state index in [0.29, 0.717) is 30.5 Å². The van der Waals surface area contributed by atoms with Crippen LogP contribution in [-0.2, 0) is 19.5 Å². The number of H-pyrrole nitrogens is 1. The number of rotatable bonds is 6. The summed E-state index contributed by atoms with van der Waals surface area (Å²) >= 11 is 0. The SMILES string of the molecule is COc1cc(OC)c(OC)cc1CN1CCc2nc(C3CC3)[nH]c(=O)c2C1. The van der Waals surface area contributed by atoms with Crippen molar-refractivity contribution in [2.75, 3.05) is 27.9 Å². The van der Waals surface area contributed by atoms with Crippen molar-refractivity contribution >= 4 is 0 Å². The molecule has 144 valence electrons. The molecule has 2 aromatic rings. The van der Waals surface area contributed by atoms with Gasteiger partial charge in [-0.05, 0) is 18.9 Å². The number of hydrogen-bond donors (Lipinski definition) is 1. The molecule has 0 atom stereocenters. The fraction of sp³-hybridized carbons (Fsp3) is 0.500. The van der Waals surface area contributed by atoms with E-state index < -0.39 is 0 Å². The first-order valence-corrected chi connectivity index (χ1v) is 9.26. The van der Waals surface area contributed by atoms with Crippen LogP contribution >= 0.6 is 0 Å². The minimum Gasteiger partial charge on any atom is -0.496 e. The number of methoxy groups -OCH3 is 3. The van der Waals surface area contributed by atoms with Crippen molar-refractivity contribution in [3.8, 4) is 17.2 Å². The molecule has 0 radical (unpaired) electrons. The highest BCUT2D eigenvalue weighted by Crippen LogP contribution is 2.38. The zero-order valence-electron chi connectivity index (χ0n) is 16.0. The van der Waals surface area contributed by atoms with Gasteiger partial charge in [-0.1, -0.05) is 0 Å². The second-order valence-corrected chi connectivity index (χ2v) is 7.13. The Morgan fingerprint density at radius 2 is 1.81 bits per heavy atom. The Hall–Kier alpha value is -2.54. The minimum absolute atomic E-state index is 0.00544. The Balaban J connectivity index is 1.57. The molecule has 1 N–H and O–H groups in total. The van der Waals surface area contributed by atoms with Gasteiger partial charge in [0.15, 0.2) is 11.5 Å². The van der Waals surface area contributed by atoms with E-state index in [4.69, 9.17) is 19.2 Å². The topological polar surface area (TPSA) is 76.7 Å². The lowest BCUT2D eigenvalue weighted by atomic mass is 10.0. The third-order valence-corrected chi connectivity index (χ3v) is 5.31. The molecule has 1 aromatic heterocycles. The lowest BCUT2D eigenvalue weighted by Crippen LogP contribution is -2.35. The molecule has 1 saturated carbocycles. The second kappa shape index (κ2) is 7.23. The summed E-state index contributed by atoms with van der Waals surface area (Å²) in [5.41, 5.74) is 2.74. The van der Waals surface area contributed by atoms with Crippen LogP contribution in [0.1, 0.15) is 41.4 Å². The summed E-state index contributed by atoms with van der Waals surface area (Å²) in [6.07, 6.45) is 3.05. The monoisotopic (exact) mass is 371 g/mol. The molecule has 0 bridgehead atoms. The molecule has 0 spiro atoms. The van der Waals surface area contributed by atoms with E-state index in [1.807, 2.05) is 12.1 Å². The van der Waals surface area contributed by atoms with Crippen molar-refractivity contribution in [2.45, 2.75) is 38.3 Å². The summed E-state index contributed by atoms with van der Waals surface area (Å²) in [6, 6.07) is 3.77. The maximum absolute atomic E-state index is 12.5. The van der Waals surface area contributed by atoms with Gasteiger partial charge in [0, 0.05) is 43.6 Å². The molecule has 0 saturated heterocycles. The van der Waals surface area contributed by atoms with Crippen LogP contribution in [0.5, 0.6) is 17.2 Å². The molecule has 0 unspecified atom stereocenters. The van der Waals surface area contributed by atoms with Crippen molar-refractivity contribution in [1.82, 2.24) is 14.9 Å². The van der Waals surface area contributed by atoms with Crippen LogP contribution in [0.4, 0.5) is 0 Å². The minimum atomic E-state index is 0.00544. The molecule has 0 amide bonds. The summed E-state index contributed by atoms with van der Waals surface area (Å²) < 4.78 is 16.3. The molecule has 2 heterocycles. The van der Waals surface area contributed by atoms with E-state index in [9.17, 15) is 4.79 Å². The number of hydrogen-bond acceptors (Lipinski definition) is 6. The van der Waals surface area contributed by atoms with E-state index in [1.165, 1.54) is 0 Å². The van der Waals surface area contributed by atoms with E-state index in [2.05, 4.69) is 9.88 Å². The average molecular weight is 371 g/mol. The number of nitrogens with one attached hydrogen (secondary N) is 1. The van der Waals surface area contributed by atoms with Crippen molar-refractivity contribution in [1.29, 1.82) is 0 Å². The summed E-state index contributed by atoms with van der Waals surface area (Å²) in [7, 11) is 4.87. The number of aromatic nitrogens is 2. The highest BCUT2D eigenvalue weighted by atomic mass is 16.5. The molecule has 27 heavy (non-hydrogen) atoms. The first kappa shape index (κ1) is 17.9. The Morgan fingerprint density at radius 3 is 2.48 bits per heavy atom. The molecular weight excluding hydrogens is 346 g/mol. The highest BCUT2D eigenvalue weighted by molar-refractivity contribution is 5.50. The van der Waals surface area contributed by atoms with Gasteiger partial charge < -0.3 is 19.2 Å². The maximum Gasteiger partial charge on any atom is 0.255 e. The number of aromatic amines is 1. The van der Waals surface area contributed by atoms with Crippen molar-refractivity contribution in [2.24, 2.45) is 0 Å². The predicted octanol–water partition coefficient (Wildman–Crippen LogP) is 2.23. The van der Waals surface area contributed by atoms with Crippen LogP contribution in [0.15, 0.2) is 16.9 Å².